The Balaban J connectivity index is 1.80. The van der Waals surface area contributed by atoms with Crippen LogP contribution in [0.5, 0.6) is 0 Å². The van der Waals surface area contributed by atoms with Crippen LogP contribution in [0.25, 0.3) is 22.0 Å². The molecule has 0 bridgehead atoms. The van der Waals surface area contributed by atoms with Crippen LogP contribution in [0.3, 0.4) is 0 Å². The van der Waals surface area contributed by atoms with E-state index in [1.54, 1.807) is 5.38 Å². The van der Waals surface area contributed by atoms with Gasteiger partial charge < -0.3 is 5.32 Å². The van der Waals surface area contributed by atoms with Crippen LogP contribution in [0.15, 0.2) is 47.8 Å². The maximum Gasteiger partial charge on any atom is 0.270 e. The highest BCUT2D eigenvalue weighted by atomic mass is 32.1. The maximum atomic E-state index is 11.9. The highest BCUT2D eigenvalue weighted by molar-refractivity contribution is 7.13. The Kier molecular flexibility index (Phi) is 4.43. The van der Waals surface area contributed by atoms with Crippen molar-refractivity contribution in [3.05, 3.63) is 53.5 Å². The molecule has 0 atom stereocenters. The molecule has 1 amide bonds. The number of thiazole rings is 1. The molecule has 6 heteroatoms. The molecule has 3 aromatic rings. The summed E-state index contributed by atoms with van der Waals surface area (Å²) in [6, 6.07) is 13.7. The molecule has 0 fully saturated rings. The maximum absolute atomic E-state index is 11.9. The molecule has 0 aliphatic carbocycles. The van der Waals surface area contributed by atoms with E-state index in [9.17, 15) is 4.79 Å². The summed E-state index contributed by atoms with van der Waals surface area (Å²) in [6.07, 6.45) is 0. The summed E-state index contributed by atoms with van der Waals surface area (Å²) < 4.78 is 0. The van der Waals surface area contributed by atoms with Crippen molar-refractivity contribution in [3.63, 3.8) is 0 Å². The van der Waals surface area contributed by atoms with Crippen molar-refractivity contribution in [2.45, 2.75) is 19.9 Å². The molecule has 2 aromatic heterocycles. The van der Waals surface area contributed by atoms with Crippen molar-refractivity contribution < 1.29 is 4.79 Å². The van der Waals surface area contributed by atoms with Crippen LogP contribution in [-0.2, 0) is 0 Å². The van der Waals surface area contributed by atoms with Gasteiger partial charge in [-0.3, -0.25) is 4.79 Å². The second-order valence-corrected chi connectivity index (χ2v) is 6.19. The number of carbonyl (C=O) groups excluding carboxylic acids is 1. The lowest BCUT2D eigenvalue weighted by molar-refractivity contribution is 0.0939. The number of hydrogen-bond acceptors (Lipinski definition) is 5. The first-order chi connectivity index (χ1) is 11.1. The first kappa shape index (κ1) is 15.3. The fraction of sp³-hybridized carbons (Fsp3) is 0.176. The summed E-state index contributed by atoms with van der Waals surface area (Å²) >= 11 is 1.39. The molecule has 0 aliphatic heterocycles. The average molecular weight is 324 g/mol. The Morgan fingerprint density at radius 1 is 1.04 bits per heavy atom. The van der Waals surface area contributed by atoms with Crippen LogP contribution in [0.1, 0.15) is 24.3 Å². The fourth-order valence-corrected chi connectivity index (χ4v) is 2.80. The second kappa shape index (κ2) is 6.66. The lowest BCUT2D eigenvalue weighted by atomic mass is 10.1. The number of hydrogen-bond donors (Lipinski definition) is 1. The Morgan fingerprint density at radius 3 is 2.39 bits per heavy atom. The van der Waals surface area contributed by atoms with Crippen molar-refractivity contribution >= 4 is 17.2 Å². The molecule has 0 spiro atoms. The third kappa shape index (κ3) is 3.60. The largest absolute Gasteiger partial charge is 0.349 e. The normalized spacial score (nSPS) is 10.7. The van der Waals surface area contributed by atoms with Crippen LogP contribution in [-0.4, -0.2) is 27.1 Å². The quantitative estimate of drug-likeness (QED) is 0.798. The van der Waals surface area contributed by atoms with Gasteiger partial charge in [-0.2, -0.15) is 0 Å². The summed E-state index contributed by atoms with van der Waals surface area (Å²) in [5, 5.41) is 13.7. The lowest BCUT2D eigenvalue weighted by Gasteiger charge is -2.05. The minimum atomic E-state index is -0.170. The Hall–Kier alpha value is -2.60. The lowest BCUT2D eigenvalue weighted by Crippen LogP contribution is -2.30. The van der Waals surface area contributed by atoms with Gasteiger partial charge in [-0.05, 0) is 26.0 Å². The molecule has 3 rings (SSSR count). The van der Waals surface area contributed by atoms with Crippen LogP contribution in [0.2, 0.25) is 0 Å². The van der Waals surface area contributed by atoms with Gasteiger partial charge in [-0.1, -0.05) is 30.3 Å². The topological polar surface area (TPSA) is 67.8 Å². The van der Waals surface area contributed by atoms with Gasteiger partial charge in [0.1, 0.15) is 16.4 Å². The van der Waals surface area contributed by atoms with Crippen LogP contribution < -0.4 is 5.32 Å². The Labute approximate surface area is 138 Å². The Bertz CT molecular complexity index is 797. The zero-order chi connectivity index (χ0) is 16.2. The molecule has 1 N–H and O–H groups in total. The fourth-order valence-electron chi connectivity index (χ4n) is 2.04. The number of nitrogens with one attached hydrogen (secondary N) is 1. The number of rotatable bonds is 4. The van der Waals surface area contributed by atoms with Gasteiger partial charge in [-0.25, -0.2) is 4.98 Å². The third-order valence-electron chi connectivity index (χ3n) is 3.11. The van der Waals surface area contributed by atoms with Crippen molar-refractivity contribution in [1.29, 1.82) is 0 Å². The number of aromatic nitrogens is 3. The summed E-state index contributed by atoms with van der Waals surface area (Å²) in [5.74, 6) is -0.170. The molecular weight excluding hydrogens is 308 g/mol. The van der Waals surface area contributed by atoms with E-state index < -0.39 is 0 Å². The molecule has 0 unspecified atom stereocenters. The van der Waals surface area contributed by atoms with E-state index in [1.165, 1.54) is 11.3 Å². The number of benzene rings is 1. The van der Waals surface area contributed by atoms with E-state index in [0.29, 0.717) is 16.4 Å². The molecule has 2 heterocycles. The van der Waals surface area contributed by atoms with E-state index in [-0.39, 0.29) is 11.9 Å². The van der Waals surface area contributed by atoms with E-state index in [4.69, 9.17) is 0 Å². The minimum Gasteiger partial charge on any atom is -0.349 e. The van der Waals surface area contributed by atoms with Crippen LogP contribution in [0, 0.1) is 0 Å². The number of carbonyl (C=O) groups is 1. The first-order valence-corrected chi connectivity index (χ1v) is 8.17. The predicted octanol–water partition coefficient (Wildman–Crippen LogP) is 3.41. The van der Waals surface area contributed by atoms with Crippen LogP contribution in [0.4, 0.5) is 0 Å². The zero-order valence-electron chi connectivity index (χ0n) is 12.9. The van der Waals surface area contributed by atoms with Crippen molar-refractivity contribution in [1.82, 2.24) is 20.5 Å². The summed E-state index contributed by atoms with van der Waals surface area (Å²) in [5.41, 5.74) is 2.90. The molecule has 23 heavy (non-hydrogen) atoms. The zero-order valence-corrected chi connectivity index (χ0v) is 13.7. The molecule has 1 aromatic carbocycles. The van der Waals surface area contributed by atoms with Crippen molar-refractivity contribution in [2.75, 3.05) is 0 Å². The van der Waals surface area contributed by atoms with Gasteiger partial charge in [0.05, 0.1) is 5.69 Å². The summed E-state index contributed by atoms with van der Waals surface area (Å²) in [4.78, 5) is 16.3. The molecule has 0 aliphatic rings. The molecular formula is C17H16N4OS. The van der Waals surface area contributed by atoms with Gasteiger partial charge >= 0.3 is 0 Å². The van der Waals surface area contributed by atoms with Crippen molar-refractivity contribution in [3.8, 4) is 22.0 Å². The van der Waals surface area contributed by atoms with E-state index in [1.807, 2.05) is 56.3 Å². The molecule has 0 radical (unpaired) electrons. The summed E-state index contributed by atoms with van der Waals surface area (Å²) in [7, 11) is 0. The first-order valence-electron chi connectivity index (χ1n) is 7.29. The van der Waals surface area contributed by atoms with E-state index in [0.717, 1.165) is 11.3 Å². The standard InChI is InChI=1S/C17H16N4OS/c1-11(2)18-16(22)15-10-23-17(19-15)14-9-8-13(20-21-14)12-6-4-3-5-7-12/h3-11H,1-2H3,(H,18,22). The van der Waals surface area contributed by atoms with E-state index in [2.05, 4.69) is 20.5 Å². The smallest absolute Gasteiger partial charge is 0.270 e. The van der Waals surface area contributed by atoms with Gasteiger partial charge in [0.25, 0.3) is 5.91 Å². The van der Waals surface area contributed by atoms with Gasteiger partial charge in [0, 0.05) is 17.0 Å². The average Bonchev–Trinajstić information content (AvgIpc) is 3.05. The monoisotopic (exact) mass is 324 g/mol. The predicted molar refractivity (Wildman–Crippen MR) is 91.2 cm³/mol. The third-order valence-corrected chi connectivity index (χ3v) is 3.97. The molecule has 0 saturated heterocycles. The second-order valence-electron chi connectivity index (χ2n) is 5.34. The molecule has 116 valence electrons. The Morgan fingerprint density at radius 2 is 1.74 bits per heavy atom. The van der Waals surface area contributed by atoms with Gasteiger partial charge in [0.2, 0.25) is 0 Å². The van der Waals surface area contributed by atoms with Crippen molar-refractivity contribution in [2.24, 2.45) is 0 Å². The molecule has 5 nitrogen and oxygen atoms in total. The van der Waals surface area contributed by atoms with Gasteiger partial charge in [-0.15, -0.1) is 21.5 Å². The SMILES string of the molecule is CC(C)NC(=O)c1csc(-c2ccc(-c3ccccc3)nn2)n1. The minimum absolute atomic E-state index is 0.0811. The number of amides is 1. The van der Waals surface area contributed by atoms with Gasteiger partial charge in [0.15, 0.2) is 0 Å². The highest BCUT2D eigenvalue weighted by Crippen LogP contribution is 2.23. The van der Waals surface area contributed by atoms with E-state index >= 15 is 0 Å². The highest BCUT2D eigenvalue weighted by Gasteiger charge is 2.13. The molecule has 0 saturated carbocycles. The van der Waals surface area contributed by atoms with Crippen LogP contribution >= 0.6 is 11.3 Å². The summed E-state index contributed by atoms with van der Waals surface area (Å²) in [6.45, 7) is 3.83. The number of nitrogens with zero attached hydrogens (tertiary/aromatic N) is 3.